The van der Waals surface area contributed by atoms with Crippen LogP contribution in [0.5, 0.6) is 11.5 Å². The molecular formula is C26H38N2O6. The Labute approximate surface area is 201 Å². The SMILES string of the molecule is CO[C@@]12CC[C@H](N[C@H](C(=O)OC(C)(C)C)[C@@H](C)O)[C@@H]3Oc4c(O)ccc5c4C31CCN(C)C2C5. The van der Waals surface area contributed by atoms with Gasteiger partial charge in [0.1, 0.15) is 17.7 Å². The lowest BCUT2D eigenvalue weighted by Crippen LogP contribution is -2.78. The van der Waals surface area contributed by atoms with Gasteiger partial charge in [0.25, 0.3) is 0 Å². The van der Waals surface area contributed by atoms with Gasteiger partial charge in [-0.25, -0.2) is 0 Å². The number of likely N-dealkylation sites (N-methyl/N-ethyl adjacent to an activating group) is 1. The quantitative estimate of drug-likeness (QED) is 0.557. The normalized spacial score (nSPS) is 35.8. The summed E-state index contributed by atoms with van der Waals surface area (Å²) in [5.41, 5.74) is 0.697. The van der Waals surface area contributed by atoms with E-state index >= 15 is 0 Å². The second-order valence-corrected chi connectivity index (χ2v) is 11.6. The molecule has 2 aliphatic heterocycles. The van der Waals surface area contributed by atoms with Gasteiger partial charge in [0.2, 0.25) is 0 Å². The summed E-state index contributed by atoms with van der Waals surface area (Å²) in [5.74, 6) is 0.210. The van der Waals surface area contributed by atoms with Crippen molar-refractivity contribution in [2.45, 2.75) is 100 Å². The molecule has 0 amide bonds. The van der Waals surface area contributed by atoms with Gasteiger partial charge in [0.15, 0.2) is 11.5 Å². The van der Waals surface area contributed by atoms with E-state index in [0.717, 1.165) is 31.4 Å². The number of phenolic OH excluding ortho intramolecular Hbond substituents is 1. The van der Waals surface area contributed by atoms with Gasteiger partial charge in [0, 0.05) is 24.8 Å². The number of phenols is 1. The minimum Gasteiger partial charge on any atom is -0.504 e. The van der Waals surface area contributed by atoms with Gasteiger partial charge in [-0.3, -0.25) is 10.1 Å². The minimum absolute atomic E-state index is 0.142. The minimum atomic E-state index is -0.939. The largest absolute Gasteiger partial charge is 0.504 e. The van der Waals surface area contributed by atoms with Gasteiger partial charge in [-0.2, -0.15) is 0 Å². The van der Waals surface area contributed by atoms with Gasteiger partial charge < -0.3 is 29.3 Å². The number of ether oxygens (including phenoxy) is 3. The number of likely N-dealkylation sites (tertiary alicyclic amines) is 1. The van der Waals surface area contributed by atoms with Gasteiger partial charge in [-0.1, -0.05) is 6.07 Å². The third-order valence-corrected chi connectivity index (χ3v) is 8.59. The maximum Gasteiger partial charge on any atom is 0.326 e. The second kappa shape index (κ2) is 7.82. The van der Waals surface area contributed by atoms with Crippen LogP contribution in [0.25, 0.3) is 0 Å². The Hall–Kier alpha value is -1.87. The monoisotopic (exact) mass is 474 g/mol. The van der Waals surface area contributed by atoms with Crippen LogP contribution >= 0.6 is 0 Å². The summed E-state index contributed by atoms with van der Waals surface area (Å²) in [5, 5.41) is 24.7. The molecule has 1 saturated carbocycles. The molecule has 188 valence electrons. The Kier molecular flexibility index (Phi) is 5.48. The van der Waals surface area contributed by atoms with Gasteiger partial charge in [-0.15, -0.1) is 0 Å². The van der Waals surface area contributed by atoms with E-state index in [1.54, 1.807) is 20.1 Å². The fourth-order valence-corrected chi connectivity index (χ4v) is 7.31. The molecule has 0 radical (unpaired) electrons. The Morgan fingerprint density at radius 2 is 2.06 bits per heavy atom. The highest BCUT2D eigenvalue weighted by Gasteiger charge is 2.73. The topological polar surface area (TPSA) is 100 Å². The van der Waals surface area contributed by atoms with E-state index in [9.17, 15) is 15.0 Å². The maximum atomic E-state index is 13.0. The lowest BCUT2D eigenvalue weighted by molar-refractivity contribution is -0.204. The van der Waals surface area contributed by atoms with Crippen molar-refractivity contribution in [2.75, 3.05) is 20.7 Å². The number of methoxy groups -OCH3 is 1. The van der Waals surface area contributed by atoms with Crippen LogP contribution in [0.1, 0.15) is 58.1 Å². The average Bonchev–Trinajstić information content (AvgIpc) is 3.11. The zero-order chi connectivity index (χ0) is 24.6. The van der Waals surface area contributed by atoms with Crippen molar-refractivity contribution in [1.82, 2.24) is 10.2 Å². The predicted octanol–water partition coefficient (Wildman–Crippen LogP) is 1.88. The van der Waals surface area contributed by atoms with Crippen molar-refractivity contribution in [2.24, 2.45) is 0 Å². The number of hydrogen-bond acceptors (Lipinski definition) is 8. The van der Waals surface area contributed by atoms with Gasteiger partial charge >= 0.3 is 5.97 Å². The number of piperidine rings is 1. The fourth-order valence-electron chi connectivity index (χ4n) is 7.31. The van der Waals surface area contributed by atoms with Crippen molar-refractivity contribution in [3.05, 3.63) is 23.3 Å². The van der Waals surface area contributed by atoms with Gasteiger partial charge in [0.05, 0.1) is 17.1 Å². The predicted molar refractivity (Wildman–Crippen MR) is 126 cm³/mol. The standard InChI is InChI=1S/C26H38N2O6/c1-14(29)20(23(31)34-24(2,3)4)27-16-9-10-26(32-6)18-13-15-7-8-17(30)21-19(15)25(26,22(16)33-21)11-12-28(18)5/h7-8,14,16,18,20,22,27,29-30H,9-13H2,1-6H3/t14-,16+,18?,20+,22+,25?,26-/m1/s1. The lowest BCUT2D eigenvalue weighted by Gasteiger charge is -2.65. The highest BCUT2D eigenvalue weighted by Crippen LogP contribution is 2.66. The third-order valence-electron chi connectivity index (χ3n) is 8.59. The Balaban J connectivity index is 1.57. The number of carbonyl (C=O) groups excluding carboxylic acids is 1. The molecule has 2 fully saturated rings. The number of hydrogen-bond donors (Lipinski definition) is 3. The molecule has 3 N–H and O–H groups in total. The summed E-state index contributed by atoms with van der Waals surface area (Å²) in [4.78, 5) is 15.4. The number of nitrogens with zero attached hydrogens (tertiary/aromatic N) is 1. The molecule has 1 saturated heterocycles. The number of aromatic hydroxyl groups is 1. The van der Waals surface area contributed by atoms with Crippen molar-refractivity contribution in [3.8, 4) is 11.5 Å². The summed E-state index contributed by atoms with van der Waals surface area (Å²) < 4.78 is 18.7. The summed E-state index contributed by atoms with van der Waals surface area (Å²) >= 11 is 0. The number of esters is 1. The Morgan fingerprint density at radius 1 is 1.32 bits per heavy atom. The zero-order valence-electron chi connectivity index (χ0n) is 21.1. The third kappa shape index (κ3) is 3.15. The number of aliphatic hydroxyl groups excluding tert-OH is 1. The van der Waals surface area contributed by atoms with Crippen molar-refractivity contribution in [3.63, 3.8) is 0 Å². The Bertz CT molecular complexity index is 990. The van der Waals surface area contributed by atoms with E-state index in [0.29, 0.717) is 12.2 Å². The van der Waals surface area contributed by atoms with E-state index in [1.165, 1.54) is 5.56 Å². The van der Waals surface area contributed by atoms with Gasteiger partial charge in [-0.05, 0) is 78.6 Å². The van der Waals surface area contributed by atoms with Crippen molar-refractivity contribution >= 4 is 5.97 Å². The zero-order valence-corrected chi connectivity index (χ0v) is 21.1. The number of benzene rings is 1. The van der Waals surface area contributed by atoms with E-state index in [1.807, 2.05) is 26.8 Å². The van der Waals surface area contributed by atoms with Crippen molar-refractivity contribution in [1.29, 1.82) is 0 Å². The van der Waals surface area contributed by atoms with Crippen LogP contribution in [0.4, 0.5) is 0 Å². The summed E-state index contributed by atoms with van der Waals surface area (Å²) in [6.45, 7) is 7.94. The van der Waals surface area contributed by atoms with E-state index in [4.69, 9.17) is 14.2 Å². The van der Waals surface area contributed by atoms with Crippen LogP contribution in [0.3, 0.4) is 0 Å². The molecule has 8 nitrogen and oxygen atoms in total. The van der Waals surface area contributed by atoms with Crippen LogP contribution in [-0.2, 0) is 26.1 Å². The molecule has 8 heteroatoms. The first-order valence-electron chi connectivity index (χ1n) is 12.4. The molecule has 2 unspecified atom stereocenters. The number of nitrogens with one attached hydrogen (secondary N) is 1. The second-order valence-electron chi connectivity index (χ2n) is 11.6. The van der Waals surface area contributed by atoms with Crippen LogP contribution in [-0.4, -0.2) is 83.3 Å². The van der Waals surface area contributed by atoms with Crippen molar-refractivity contribution < 1.29 is 29.2 Å². The molecule has 2 aliphatic carbocycles. The highest BCUT2D eigenvalue weighted by molar-refractivity contribution is 5.77. The number of carbonyl (C=O) groups is 1. The summed E-state index contributed by atoms with van der Waals surface area (Å²) in [6, 6.07) is 2.82. The molecule has 1 aromatic carbocycles. The molecule has 7 atom stereocenters. The summed E-state index contributed by atoms with van der Waals surface area (Å²) in [7, 11) is 3.95. The van der Waals surface area contributed by atoms with Crippen LogP contribution in [0.2, 0.25) is 0 Å². The first-order valence-corrected chi connectivity index (χ1v) is 12.4. The molecule has 1 aromatic rings. The highest BCUT2D eigenvalue weighted by atomic mass is 16.6. The molecule has 34 heavy (non-hydrogen) atoms. The molecule has 5 rings (SSSR count). The van der Waals surface area contributed by atoms with E-state index in [-0.39, 0.29) is 23.9 Å². The first-order chi connectivity index (χ1) is 15.9. The summed E-state index contributed by atoms with van der Waals surface area (Å²) in [6.07, 6.45) is 1.88. The molecule has 4 aliphatic rings. The van der Waals surface area contributed by atoms with E-state index in [2.05, 4.69) is 17.3 Å². The van der Waals surface area contributed by atoms with Crippen LogP contribution in [0, 0.1) is 0 Å². The maximum absolute atomic E-state index is 13.0. The van der Waals surface area contributed by atoms with Crippen LogP contribution < -0.4 is 10.1 Å². The smallest absolute Gasteiger partial charge is 0.326 e. The van der Waals surface area contributed by atoms with E-state index < -0.39 is 34.7 Å². The molecule has 1 spiro atoms. The average molecular weight is 475 g/mol. The molecular weight excluding hydrogens is 436 g/mol. The Morgan fingerprint density at radius 3 is 2.71 bits per heavy atom. The fraction of sp³-hybridized carbons (Fsp3) is 0.731. The molecule has 2 heterocycles. The lowest BCUT2D eigenvalue weighted by atomic mass is 9.48. The van der Waals surface area contributed by atoms with Crippen LogP contribution in [0.15, 0.2) is 12.1 Å². The first kappa shape index (κ1) is 23.9. The number of aliphatic hydroxyl groups is 1. The number of rotatable bonds is 5. The molecule has 2 bridgehead atoms. The molecule has 0 aromatic heterocycles.